The number of halogens is 2. The highest BCUT2D eigenvalue weighted by molar-refractivity contribution is 6.40. The Morgan fingerprint density at radius 1 is 1.03 bits per heavy atom. The van der Waals surface area contributed by atoms with Crippen LogP contribution in [0.1, 0.15) is 23.6 Å². The van der Waals surface area contributed by atoms with Crippen molar-refractivity contribution in [3.63, 3.8) is 0 Å². The van der Waals surface area contributed by atoms with Crippen molar-refractivity contribution >= 4 is 59.5 Å². The van der Waals surface area contributed by atoms with Crippen LogP contribution in [-0.4, -0.2) is 26.0 Å². The molecule has 1 atom stereocenters. The van der Waals surface area contributed by atoms with E-state index >= 15 is 0 Å². The van der Waals surface area contributed by atoms with Crippen molar-refractivity contribution in [1.29, 1.82) is 0 Å². The Hall–Kier alpha value is -2.96. The van der Waals surface area contributed by atoms with E-state index in [0.29, 0.717) is 33.3 Å². The van der Waals surface area contributed by atoms with Gasteiger partial charge in [0.05, 0.1) is 22.4 Å². The molecule has 8 heteroatoms. The zero-order chi connectivity index (χ0) is 22.2. The third-order valence-corrected chi connectivity index (χ3v) is 6.31. The lowest BCUT2D eigenvalue weighted by atomic mass is 9.92. The topological polar surface area (TPSA) is 47.9 Å². The van der Waals surface area contributed by atoms with Gasteiger partial charge in [0.1, 0.15) is 13.6 Å². The van der Waals surface area contributed by atoms with Gasteiger partial charge in [0, 0.05) is 18.0 Å². The van der Waals surface area contributed by atoms with Crippen LogP contribution in [0.5, 0.6) is 0 Å². The maximum atomic E-state index is 13.2. The van der Waals surface area contributed by atoms with Gasteiger partial charge < -0.3 is 0 Å². The lowest BCUT2D eigenvalue weighted by molar-refractivity contribution is -0.115. The molecule has 1 N–H and O–H groups in total. The minimum atomic E-state index is -0.227. The van der Waals surface area contributed by atoms with Crippen LogP contribution in [0.2, 0.25) is 10.0 Å². The quantitative estimate of drug-likeness (QED) is 0.594. The molecule has 0 bridgehead atoms. The third-order valence-electron chi connectivity index (χ3n) is 5.77. The summed E-state index contributed by atoms with van der Waals surface area (Å²) in [4.78, 5) is 13.2. The lowest BCUT2D eigenvalue weighted by Crippen LogP contribution is -2.44. The van der Waals surface area contributed by atoms with Gasteiger partial charge in [-0.1, -0.05) is 71.1 Å². The Bertz CT molecular complexity index is 1210. The molecule has 1 amide bonds. The molecule has 5 rings (SSSR count). The van der Waals surface area contributed by atoms with E-state index in [2.05, 4.69) is 16.6 Å². The summed E-state index contributed by atoms with van der Waals surface area (Å²) in [6.07, 6.45) is 1.33. The summed E-state index contributed by atoms with van der Waals surface area (Å²) < 4.78 is 0. The molecule has 0 aromatic heterocycles. The van der Waals surface area contributed by atoms with Crippen LogP contribution in [0.3, 0.4) is 0 Å². The minimum absolute atomic E-state index is 0.194. The number of anilines is 2. The molecule has 0 aliphatic carbocycles. The first-order valence-electron chi connectivity index (χ1n) is 10.3. The SMILES string of the molecule is [B]c1ccc([C@@H]2CC(C(=O)NN3CCc4ccccc43)=NN2c2ccc(Cl)cc2Cl)cc1. The van der Waals surface area contributed by atoms with Gasteiger partial charge in [-0.25, -0.2) is 0 Å². The van der Waals surface area contributed by atoms with Gasteiger partial charge in [0.2, 0.25) is 0 Å². The van der Waals surface area contributed by atoms with E-state index in [9.17, 15) is 4.79 Å². The van der Waals surface area contributed by atoms with E-state index in [1.807, 2.05) is 53.5 Å². The fraction of sp³-hybridized carbons (Fsp3) is 0.167. The molecule has 5 nitrogen and oxygen atoms in total. The Balaban J connectivity index is 1.44. The highest BCUT2D eigenvalue weighted by Crippen LogP contribution is 2.39. The Labute approximate surface area is 198 Å². The molecule has 0 saturated heterocycles. The number of carbonyl (C=O) groups is 1. The van der Waals surface area contributed by atoms with Crippen LogP contribution in [0, 0.1) is 0 Å². The van der Waals surface area contributed by atoms with E-state index in [-0.39, 0.29) is 11.9 Å². The van der Waals surface area contributed by atoms with Crippen LogP contribution in [-0.2, 0) is 11.2 Å². The van der Waals surface area contributed by atoms with Crippen molar-refractivity contribution < 1.29 is 4.79 Å². The molecular weight excluding hydrogens is 442 g/mol. The summed E-state index contributed by atoms with van der Waals surface area (Å²) in [5.41, 5.74) is 8.04. The van der Waals surface area contributed by atoms with Crippen molar-refractivity contribution in [1.82, 2.24) is 5.43 Å². The average molecular weight is 461 g/mol. The number of nitrogens with one attached hydrogen (secondary N) is 1. The number of para-hydroxylation sites is 1. The monoisotopic (exact) mass is 460 g/mol. The molecule has 0 spiro atoms. The Kier molecular flexibility index (Phi) is 5.58. The largest absolute Gasteiger partial charge is 0.286 e. The second-order valence-corrected chi connectivity index (χ2v) is 8.69. The first kappa shape index (κ1) is 20.9. The fourth-order valence-electron chi connectivity index (χ4n) is 4.16. The number of rotatable bonds is 4. The van der Waals surface area contributed by atoms with E-state index in [1.54, 1.807) is 17.1 Å². The first-order valence-corrected chi connectivity index (χ1v) is 11.1. The second kappa shape index (κ2) is 8.53. The van der Waals surface area contributed by atoms with Gasteiger partial charge in [-0.15, -0.1) is 0 Å². The third kappa shape index (κ3) is 3.96. The highest BCUT2D eigenvalue weighted by Gasteiger charge is 2.34. The van der Waals surface area contributed by atoms with Gasteiger partial charge in [-0.3, -0.25) is 20.2 Å². The predicted octanol–water partition coefficient (Wildman–Crippen LogP) is 4.19. The van der Waals surface area contributed by atoms with Gasteiger partial charge >= 0.3 is 0 Å². The van der Waals surface area contributed by atoms with Crippen molar-refractivity contribution in [2.45, 2.75) is 18.9 Å². The number of nitrogens with zero attached hydrogens (tertiary/aromatic N) is 3. The van der Waals surface area contributed by atoms with Gasteiger partial charge in [0.15, 0.2) is 0 Å². The van der Waals surface area contributed by atoms with Gasteiger partial charge in [0.25, 0.3) is 5.91 Å². The maximum absolute atomic E-state index is 13.2. The summed E-state index contributed by atoms with van der Waals surface area (Å²) in [6, 6.07) is 20.7. The summed E-state index contributed by atoms with van der Waals surface area (Å²) in [5, 5.41) is 9.36. The number of benzene rings is 3. The van der Waals surface area contributed by atoms with E-state index in [1.165, 1.54) is 5.56 Å². The summed E-state index contributed by atoms with van der Waals surface area (Å²) in [5.74, 6) is -0.227. The van der Waals surface area contributed by atoms with Crippen molar-refractivity contribution in [2.24, 2.45) is 5.10 Å². The molecular formula is C24H19BCl2N4O. The molecule has 3 aromatic carbocycles. The number of fused-ring (bicyclic) bond motifs is 1. The van der Waals surface area contributed by atoms with Crippen molar-refractivity contribution in [3.05, 3.63) is 87.9 Å². The molecule has 0 unspecified atom stereocenters. The molecule has 3 aromatic rings. The van der Waals surface area contributed by atoms with Crippen molar-refractivity contribution in [3.8, 4) is 0 Å². The summed E-state index contributed by atoms with van der Waals surface area (Å²) in [6.45, 7) is 0.729. The molecule has 2 aliphatic rings. The maximum Gasteiger partial charge on any atom is 0.286 e. The van der Waals surface area contributed by atoms with E-state index in [4.69, 9.17) is 31.0 Å². The molecule has 0 saturated carbocycles. The van der Waals surface area contributed by atoms with E-state index in [0.717, 1.165) is 24.2 Å². The molecule has 32 heavy (non-hydrogen) atoms. The lowest BCUT2D eigenvalue weighted by Gasteiger charge is -2.25. The first-order chi connectivity index (χ1) is 15.5. The Morgan fingerprint density at radius 2 is 1.81 bits per heavy atom. The minimum Gasteiger partial charge on any atom is -0.285 e. The highest BCUT2D eigenvalue weighted by atomic mass is 35.5. The van der Waals surface area contributed by atoms with E-state index < -0.39 is 0 Å². The number of hydrogen-bond donors (Lipinski definition) is 1. The zero-order valence-corrected chi connectivity index (χ0v) is 18.6. The number of amides is 1. The number of hydrogen-bond acceptors (Lipinski definition) is 4. The van der Waals surface area contributed by atoms with Crippen molar-refractivity contribution in [2.75, 3.05) is 16.6 Å². The van der Waals surface area contributed by atoms with Crippen LogP contribution >= 0.6 is 23.2 Å². The molecule has 2 radical (unpaired) electrons. The normalized spacial score (nSPS) is 17.3. The zero-order valence-electron chi connectivity index (χ0n) is 17.1. The van der Waals surface area contributed by atoms with Crippen LogP contribution in [0.25, 0.3) is 0 Å². The predicted molar refractivity (Wildman–Crippen MR) is 131 cm³/mol. The second-order valence-electron chi connectivity index (χ2n) is 7.84. The molecule has 0 fully saturated rings. The number of hydrazone groups is 1. The Morgan fingerprint density at radius 3 is 2.59 bits per heavy atom. The summed E-state index contributed by atoms with van der Waals surface area (Å²) in [7, 11) is 5.87. The fourth-order valence-corrected chi connectivity index (χ4v) is 4.65. The molecule has 158 valence electrons. The van der Waals surface area contributed by atoms with Crippen LogP contribution < -0.4 is 20.9 Å². The smallest absolute Gasteiger partial charge is 0.285 e. The van der Waals surface area contributed by atoms with Gasteiger partial charge in [-0.2, -0.15) is 5.10 Å². The summed E-state index contributed by atoms with van der Waals surface area (Å²) >= 11 is 12.6. The molecule has 2 heterocycles. The standard InChI is InChI=1S/C24H19BCl2N4O/c25-17-7-5-16(6-8-17)23-14-20(28-31(23)22-10-9-18(26)13-19(22)27)24(32)29-30-12-11-15-3-1-2-4-21(15)30/h1-10,13,23H,11-12,14H2,(H,29,32)/t23-/m0/s1. The number of hydrazine groups is 1. The van der Waals surface area contributed by atoms with Crippen LogP contribution in [0.15, 0.2) is 71.8 Å². The average Bonchev–Trinajstić information content (AvgIpc) is 3.39. The molecule has 2 aliphatic heterocycles. The van der Waals surface area contributed by atoms with Gasteiger partial charge in [-0.05, 0) is 41.8 Å². The van der Waals surface area contributed by atoms with Crippen LogP contribution in [0.4, 0.5) is 11.4 Å². The number of carbonyl (C=O) groups excluding carboxylic acids is 1.